The molecule has 0 aliphatic rings. The van der Waals surface area contributed by atoms with Crippen LogP contribution in [0.25, 0.3) is 0 Å². The molecule has 154 valence electrons. The number of hydrogen-bond acceptors (Lipinski definition) is 3. The van der Waals surface area contributed by atoms with Crippen LogP contribution < -0.4 is 16.0 Å². The van der Waals surface area contributed by atoms with Crippen molar-refractivity contribution in [2.45, 2.75) is 26.8 Å². The smallest absolute Gasteiger partial charge is 0.251 e. The second-order valence-electron chi connectivity index (χ2n) is 6.20. The van der Waals surface area contributed by atoms with Gasteiger partial charge in [0.25, 0.3) is 5.91 Å². The van der Waals surface area contributed by atoms with Gasteiger partial charge in [0, 0.05) is 49.0 Å². The Morgan fingerprint density at radius 2 is 1.86 bits per heavy atom. The number of aryl methyl sites for hydroxylation is 3. The Balaban J connectivity index is 0.00000392. The highest BCUT2D eigenvalue weighted by atomic mass is 127. The van der Waals surface area contributed by atoms with Crippen molar-refractivity contribution >= 4 is 51.8 Å². The fourth-order valence-corrected chi connectivity index (χ4v) is 3.05. The summed E-state index contributed by atoms with van der Waals surface area (Å²) in [5, 5.41) is 13.8. The molecule has 1 amide bonds. The molecular formula is C19H28BrIN6O. The molecule has 0 fully saturated rings. The average Bonchev–Trinajstić information content (AvgIpc) is 2.97. The minimum atomic E-state index is -0.0917. The molecule has 0 unspecified atom stereocenters. The van der Waals surface area contributed by atoms with Crippen LogP contribution in [0.4, 0.5) is 0 Å². The first-order valence-corrected chi connectivity index (χ1v) is 9.78. The van der Waals surface area contributed by atoms with Crippen molar-refractivity contribution in [2.24, 2.45) is 4.99 Å². The fraction of sp³-hybridized carbons (Fsp3) is 0.421. The summed E-state index contributed by atoms with van der Waals surface area (Å²) in [6.07, 6.45) is 0.947. The van der Waals surface area contributed by atoms with Crippen LogP contribution in [-0.4, -0.2) is 48.3 Å². The van der Waals surface area contributed by atoms with Gasteiger partial charge in [-0.1, -0.05) is 22.0 Å². The van der Waals surface area contributed by atoms with Crippen LogP contribution >= 0.6 is 39.9 Å². The Kier molecular flexibility index (Phi) is 11.1. The van der Waals surface area contributed by atoms with Gasteiger partial charge in [0.1, 0.15) is 0 Å². The maximum Gasteiger partial charge on any atom is 0.251 e. The lowest BCUT2D eigenvalue weighted by Gasteiger charge is -2.12. The third-order valence-corrected chi connectivity index (χ3v) is 4.45. The van der Waals surface area contributed by atoms with E-state index in [1.807, 2.05) is 23.7 Å². The number of nitrogens with zero attached hydrogens (tertiary/aromatic N) is 3. The number of benzene rings is 1. The Bertz CT molecular complexity index is 792. The molecule has 0 aliphatic carbocycles. The maximum absolute atomic E-state index is 12.1. The number of carbonyl (C=O) groups excluding carboxylic acids is 1. The van der Waals surface area contributed by atoms with Gasteiger partial charge in [-0.2, -0.15) is 5.10 Å². The number of rotatable bonds is 8. The van der Waals surface area contributed by atoms with E-state index in [9.17, 15) is 4.79 Å². The molecule has 2 rings (SSSR count). The molecular weight excluding hydrogens is 535 g/mol. The van der Waals surface area contributed by atoms with E-state index < -0.39 is 0 Å². The zero-order valence-electron chi connectivity index (χ0n) is 16.5. The lowest BCUT2D eigenvalue weighted by molar-refractivity contribution is 0.0954. The van der Waals surface area contributed by atoms with E-state index >= 15 is 0 Å². The van der Waals surface area contributed by atoms with Gasteiger partial charge in [-0.15, -0.1) is 24.0 Å². The third-order valence-electron chi connectivity index (χ3n) is 3.96. The predicted octanol–water partition coefficient (Wildman–Crippen LogP) is 2.87. The highest BCUT2D eigenvalue weighted by molar-refractivity contribution is 14.0. The van der Waals surface area contributed by atoms with E-state index in [1.54, 1.807) is 19.2 Å². The minimum absolute atomic E-state index is 0. The Morgan fingerprint density at radius 3 is 2.50 bits per heavy atom. The molecule has 1 heterocycles. The number of aliphatic imine (C=N–C) groups is 1. The van der Waals surface area contributed by atoms with Crippen molar-refractivity contribution in [3.05, 3.63) is 51.8 Å². The summed E-state index contributed by atoms with van der Waals surface area (Å²) >= 11 is 3.37. The number of aromatic nitrogens is 2. The molecule has 0 saturated carbocycles. The van der Waals surface area contributed by atoms with E-state index in [4.69, 9.17) is 0 Å². The first kappa shape index (κ1) is 24.4. The van der Waals surface area contributed by atoms with E-state index in [0.717, 1.165) is 35.6 Å². The number of guanidine groups is 1. The van der Waals surface area contributed by atoms with Gasteiger partial charge in [0.15, 0.2) is 5.96 Å². The van der Waals surface area contributed by atoms with Gasteiger partial charge >= 0.3 is 0 Å². The normalized spacial score (nSPS) is 10.9. The Labute approximate surface area is 191 Å². The molecule has 0 spiro atoms. The highest BCUT2D eigenvalue weighted by Gasteiger charge is 2.05. The summed E-state index contributed by atoms with van der Waals surface area (Å²) in [6, 6.07) is 9.40. The molecule has 7 nitrogen and oxygen atoms in total. The van der Waals surface area contributed by atoms with Gasteiger partial charge in [-0.05, 0) is 44.5 Å². The van der Waals surface area contributed by atoms with Crippen LogP contribution in [-0.2, 0) is 6.54 Å². The van der Waals surface area contributed by atoms with E-state index in [1.165, 1.54) is 5.69 Å². The average molecular weight is 563 g/mol. The molecule has 0 aliphatic heterocycles. The first-order chi connectivity index (χ1) is 13.0. The molecule has 2 aromatic rings. The van der Waals surface area contributed by atoms with Gasteiger partial charge in [-0.3, -0.25) is 14.5 Å². The van der Waals surface area contributed by atoms with E-state index in [-0.39, 0.29) is 29.9 Å². The number of amides is 1. The van der Waals surface area contributed by atoms with Crippen molar-refractivity contribution in [1.29, 1.82) is 0 Å². The molecule has 0 bridgehead atoms. The van der Waals surface area contributed by atoms with E-state index in [2.05, 4.69) is 55.0 Å². The summed E-state index contributed by atoms with van der Waals surface area (Å²) in [5.41, 5.74) is 2.86. The lowest BCUT2D eigenvalue weighted by Crippen LogP contribution is -2.42. The SMILES string of the molecule is CN=C(NCCCn1nc(C)cc1C)NCCNC(=O)c1cccc(Br)c1.I. The van der Waals surface area contributed by atoms with Crippen LogP contribution in [0.2, 0.25) is 0 Å². The number of hydrogen-bond donors (Lipinski definition) is 3. The lowest BCUT2D eigenvalue weighted by atomic mass is 10.2. The zero-order valence-corrected chi connectivity index (χ0v) is 20.4. The van der Waals surface area contributed by atoms with Crippen molar-refractivity contribution < 1.29 is 4.79 Å². The Morgan fingerprint density at radius 1 is 1.14 bits per heavy atom. The van der Waals surface area contributed by atoms with Crippen molar-refractivity contribution in [3.8, 4) is 0 Å². The summed E-state index contributed by atoms with van der Waals surface area (Å²) in [6.45, 7) is 6.84. The van der Waals surface area contributed by atoms with Crippen LogP contribution in [0.3, 0.4) is 0 Å². The summed E-state index contributed by atoms with van der Waals surface area (Å²) in [7, 11) is 1.73. The molecule has 0 radical (unpaired) electrons. The van der Waals surface area contributed by atoms with Crippen molar-refractivity contribution in [2.75, 3.05) is 26.7 Å². The fourth-order valence-electron chi connectivity index (χ4n) is 2.65. The van der Waals surface area contributed by atoms with Crippen LogP contribution in [0.15, 0.2) is 39.8 Å². The predicted molar refractivity (Wildman–Crippen MR) is 128 cm³/mol. The minimum Gasteiger partial charge on any atom is -0.356 e. The summed E-state index contributed by atoms with van der Waals surface area (Å²) in [5.74, 6) is 0.631. The van der Waals surface area contributed by atoms with Crippen LogP contribution in [0.5, 0.6) is 0 Å². The third kappa shape index (κ3) is 8.17. The quantitative estimate of drug-likeness (QED) is 0.200. The molecule has 9 heteroatoms. The monoisotopic (exact) mass is 562 g/mol. The molecule has 0 atom stereocenters. The summed E-state index contributed by atoms with van der Waals surface area (Å²) in [4.78, 5) is 16.3. The molecule has 1 aromatic carbocycles. The maximum atomic E-state index is 12.1. The van der Waals surface area contributed by atoms with Crippen LogP contribution in [0, 0.1) is 13.8 Å². The van der Waals surface area contributed by atoms with Crippen molar-refractivity contribution in [3.63, 3.8) is 0 Å². The second-order valence-corrected chi connectivity index (χ2v) is 7.11. The molecule has 1 aromatic heterocycles. The standard InChI is InChI=1S/C19H27BrN6O.HI/c1-14-12-15(2)26(25-14)11-5-8-23-19(21-3)24-10-9-22-18(27)16-6-4-7-17(20)13-16;/h4,6-7,12-13H,5,8-11H2,1-3H3,(H,22,27)(H2,21,23,24);1H. The van der Waals surface area contributed by atoms with Gasteiger partial charge in [0.05, 0.1) is 5.69 Å². The van der Waals surface area contributed by atoms with Gasteiger partial charge in [0.2, 0.25) is 0 Å². The van der Waals surface area contributed by atoms with Gasteiger partial charge in [-0.25, -0.2) is 0 Å². The topological polar surface area (TPSA) is 83.3 Å². The van der Waals surface area contributed by atoms with E-state index in [0.29, 0.717) is 18.7 Å². The first-order valence-electron chi connectivity index (χ1n) is 8.99. The number of carbonyl (C=O) groups is 1. The van der Waals surface area contributed by atoms with Crippen LogP contribution in [0.1, 0.15) is 28.2 Å². The summed E-state index contributed by atoms with van der Waals surface area (Å²) < 4.78 is 2.91. The second kappa shape index (κ2) is 12.8. The molecule has 3 N–H and O–H groups in total. The zero-order chi connectivity index (χ0) is 19.6. The highest BCUT2D eigenvalue weighted by Crippen LogP contribution is 2.11. The molecule has 0 saturated heterocycles. The largest absolute Gasteiger partial charge is 0.356 e. The van der Waals surface area contributed by atoms with Gasteiger partial charge < -0.3 is 16.0 Å². The number of nitrogens with one attached hydrogen (secondary N) is 3. The number of halogens is 2. The van der Waals surface area contributed by atoms with Crippen molar-refractivity contribution in [1.82, 2.24) is 25.7 Å². The molecule has 28 heavy (non-hydrogen) atoms. The Hall–Kier alpha value is -1.62.